The van der Waals surface area contributed by atoms with E-state index in [1.165, 1.54) is 24.0 Å². The van der Waals surface area contributed by atoms with E-state index in [2.05, 4.69) is 32.0 Å². The van der Waals surface area contributed by atoms with E-state index in [1.54, 1.807) is 14.0 Å². The first-order valence-electron chi connectivity index (χ1n) is 10.4. The number of carbonyl (C=O) groups is 1. The van der Waals surface area contributed by atoms with E-state index >= 15 is 0 Å². The summed E-state index contributed by atoms with van der Waals surface area (Å²) in [7, 11) is 1.65. The Morgan fingerprint density at radius 3 is 2.81 bits per heavy atom. The van der Waals surface area contributed by atoms with Crippen LogP contribution < -0.4 is 4.74 Å². The van der Waals surface area contributed by atoms with Crippen molar-refractivity contribution < 1.29 is 19.0 Å². The van der Waals surface area contributed by atoms with Crippen molar-refractivity contribution in [3.8, 4) is 5.75 Å². The normalized spacial score (nSPS) is 37.1. The van der Waals surface area contributed by atoms with Crippen molar-refractivity contribution in [1.29, 1.82) is 0 Å². The van der Waals surface area contributed by atoms with Crippen LogP contribution in [0.15, 0.2) is 18.2 Å². The number of rotatable bonds is 4. The van der Waals surface area contributed by atoms with Gasteiger partial charge < -0.3 is 14.2 Å². The van der Waals surface area contributed by atoms with Crippen molar-refractivity contribution in [2.75, 3.05) is 13.9 Å². The van der Waals surface area contributed by atoms with Crippen molar-refractivity contribution in [2.45, 2.75) is 64.9 Å². The SMILES string of the molecule is COCOc1ccc2c(c1)C[C@@H](C)C1C2CC[C@@]2(C)C1CC[C@@H]2OC(C)=O. The predicted molar refractivity (Wildman–Crippen MR) is 104 cm³/mol. The molecule has 3 aliphatic rings. The Kier molecular flexibility index (Phi) is 4.96. The molecule has 6 atom stereocenters. The lowest BCUT2D eigenvalue weighted by Crippen LogP contribution is -2.47. The summed E-state index contributed by atoms with van der Waals surface area (Å²) >= 11 is 0. The van der Waals surface area contributed by atoms with Crippen molar-refractivity contribution in [3.05, 3.63) is 29.3 Å². The topological polar surface area (TPSA) is 44.8 Å². The first-order chi connectivity index (χ1) is 12.9. The molecule has 1 aromatic rings. The molecule has 0 spiro atoms. The molecule has 0 N–H and O–H groups in total. The van der Waals surface area contributed by atoms with Crippen LogP contribution in [0, 0.1) is 23.2 Å². The van der Waals surface area contributed by atoms with Crippen molar-refractivity contribution in [2.24, 2.45) is 23.2 Å². The van der Waals surface area contributed by atoms with Crippen LogP contribution in [0.2, 0.25) is 0 Å². The van der Waals surface area contributed by atoms with Gasteiger partial charge in [0, 0.05) is 19.4 Å². The Balaban J connectivity index is 1.61. The molecular weight excluding hydrogens is 340 g/mol. The quantitative estimate of drug-likeness (QED) is 0.567. The average molecular weight is 373 g/mol. The van der Waals surface area contributed by atoms with E-state index in [4.69, 9.17) is 14.2 Å². The summed E-state index contributed by atoms with van der Waals surface area (Å²) in [5.74, 6) is 3.36. The molecule has 0 saturated heterocycles. The molecule has 0 radical (unpaired) electrons. The molecule has 27 heavy (non-hydrogen) atoms. The van der Waals surface area contributed by atoms with E-state index in [0.717, 1.165) is 25.0 Å². The van der Waals surface area contributed by atoms with Crippen LogP contribution in [0.3, 0.4) is 0 Å². The fraction of sp³-hybridized carbons (Fsp3) is 0.696. The lowest BCUT2D eigenvalue weighted by atomic mass is 9.53. The molecular formula is C23H32O4. The average Bonchev–Trinajstić information content (AvgIpc) is 2.95. The molecule has 0 amide bonds. The Hall–Kier alpha value is -1.55. The van der Waals surface area contributed by atoms with E-state index in [9.17, 15) is 4.79 Å². The molecule has 2 fully saturated rings. The second-order valence-corrected chi connectivity index (χ2v) is 9.10. The number of ether oxygens (including phenoxy) is 3. The third kappa shape index (κ3) is 3.16. The van der Waals surface area contributed by atoms with Gasteiger partial charge in [-0.1, -0.05) is 19.9 Å². The zero-order valence-corrected chi connectivity index (χ0v) is 17.0. The maximum absolute atomic E-state index is 11.6. The molecule has 0 aromatic heterocycles. The van der Waals surface area contributed by atoms with Crippen LogP contribution in [0.5, 0.6) is 5.75 Å². The molecule has 4 nitrogen and oxygen atoms in total. The van der Waals surface area contributed by atoms with Gasteiger partial charge in [0.05, 0.1) is 0 Å². The third-order valence-electron chi connectivity index (χ3n) is 7.61. The minimum absolute atomic E-state index is 0.0966. The minimum Gasteiger partial charge on any atom is -0.468 e. The van der Waals surface area contributed by atoms with Gasteiger partial charge >= 0.3 is 5.97 Å². The highest BCUT2D eigenvalue weighted by atomic mass is 16.7. The highest BCUT2D eigenvalue weighted by Crippen LogP contribution is 2.62. The van der Waals surface area contributed by atoms with Crippen LogP contribution in [0.1, 0.15) is 63.5 Å². The largest absolute Gasteiger partial charge is 0.468 e. The molecule has 0 heterocycles. The zero-order valence-electron chi connectivity index (χ0n) is 17.0. The number of hydrogen-bond donors (Lipinski definition) is 0. The van der Waals surface area contributed by atoms with E-state index < -0.39 is 0 Å². The monoisotopic (exact) mass is 372 g/mol. The first-order valence-corrected chi connectivity index (χ1v) is 10.4. The van der Waals surface area contributed by atoms with Gasteiger partial charge in [-0.05, 0) is 79.0 Å². The number of esters is 1. The van der Waals surface area contributed by atoms with Gasteiger partial charge in [-0.25, -0.2) is 0 Å². The second-order valence-electron chi connectivity index (χ2n) is 9.10. The summed E-state index contributed by atoms with van der Waals surface area (Å²) in [6.45, 7) is 6.62. The number of benzene rings is 1. The van der Waals surface area contributed by atoms with Gasteiger partial charge in [-0.15, -0.1) is 0 Å². The highest BCUT2D eigenvalue weighted by Gasteiger charge is 2.57. The fourth-order valence-electron chi connectivity index (χ4n) is 6.52. The van der Waals surface area contributed by atoms with Crippen LogP contribution in [0.25, 0.3) is 0 Å². The summed E-state index contributed by atoms with van der Waals surface area (Å²) in [6, 6.07) is 6.59. The number of carbonyl (C=O) groups excluding carboxylic acids is 1. The smallest absolute Gasteiger partial charge is 0.302 e. The van der Waals surface area contributed by atoms with Gasteiger partial charge in [0.25, 0.3) is 0 Å². The molecule has 1 aromatic carbocycles. The van der Waals surface area contributed by atoms with E-state index in [-0.39, 0.29) is 17.5 Å². The minimum atomic E-state index is -0.130. The van der Waals surface area contributed by atoms with Crippen LogP contribution in [0.4, 0.5) is 0 Å². The van der Waals surface area contributed by atoms with Gasteiger partial charge in [0.15, 0.2) is 6.79 Å². The van der Waals surface area contributed by atoms with Gasteiger partial charge in [-0.3, -0.25) is 4.79 Å². The lowest BCUT2D eigenvalue weighted by Gasteiger charge is -2.52. The van der Waals surface area contributed by atoms with Crippen molar-refractivity contribution in [3.63, 3.8) is 0 Å². The molecule has 0 bridgehead atoms. The van der Waals surface area contributed by atoms with E-state index in [1.807, 2.05) is 0 Å². The van der Waals surface area contributed by atoms with Crippen molar-refractivity contribution in [1.82, 2.24) is 0 Å². The molecule has 0 aliphatic heterocycles. The zero-order chi connectivity index (χ0) is 19.2. The molecule has 3 aliphatic carbocycles. The number of hydrogen-bond acceptors (Lipinski definition) is 4. The van der Waals surface area contributed by atoms with Crippen LogP contribution in [-0.2, 0) is 20.7 Å². The Bertz CT molecular complexity index is 714. The molecule has 148 valence electrons. The summed E-state index contributed by atoms with van der Waals surface area (Å²) in [4.78, 5) is 11.6. The predicted octanol–water partition coefficient (Wildman–Crippen LogP) is 4.70. The van der Waals surface area contributed by atoms with Crippen molar-refractivity contribution >= 4 is 5.97 Å². The third-order valence-corrected chi connectivity index (χ3v) is 7.61. The fourth-order valence-corrected chi connectivity index (χ4v) is 6.52. The molecule has 3 unspecified atom stereocenters. The Labute approximate surface area is 162 Å². The lowest BCUT2D eigenvalue weighted by molar-refractivity contribution is -0.155. The van der Waals surface area contributed by atoms with Gasteiger partial charge in [0.1, 0.15) is 11.9 Å². The Morgan fingerprint density at radius 1 is 1.26 bits per heavy atom. The maximum atomic E-state index is 11.6. The summed E-state index contributed by atoms with van der Waals surface area (Å²) in [5.41, 5.74) is 3.09. The van der Waals surface area contributed by atoms with Crippen LogP contribution in [-0.4, -0.2) is 26.0 Å². The van der Waals surface area contributed by atoms with E-state index in [0.29, 0.717) is 30.5 Å². The first kappa shape index (κ1) is 18.8. The van der Waals surface area contributed by atoms with Gasteiger partial charge in [-0.2, -0.15) is 0 Å². The Morgan fingerprint density at radius 2 is 2.07 bits per heavy atom. The van der Waals surface area contributed by atoms with Gasteiger partial charge in [0.2, 0.25) is 0 Å². The molecule has 4 rings (SSSR count). The summed E-state index contributed by atoms with van der Waals surface area (Å²) in [5, 5.41) is 0. The molecule has 4 heteroatoms. The summed E-state index contributed by atoms with van der Waals surface area (Å²) in [6.07, 6.45) is 5.73. The number of fused-ring (bicyclic) bond motifs is 5. The second kappa shape index (κ2) is 7.12. The summed E-state index contributed by atoms with van der Waals surface area (Å²) < 4.78 is 16.4. The number of methoxy groups -OCH3 is 1. The van der Waals surface area contributed by atoms with Crippen LogP contribution >= 0.6 is 0 Å². The maximum Gasteiger partial charge on any atom is 0.302 e. The standard InChI is InChI=1S/C23H32O4/c1-14-11-16-12-17(26-13-25-4)5-6-18(16)19-9-10-23(3)20(22(14)19)7-8-21(23)27-15(2)24/h5-6,12,14,19-22H,7-11,13H2,1-4H3/t14-,19?,20?,21+,22?,23+/m1/s1. The highest BCUT2D eigenvalue weighted by molar-refractivity contribution is 5.66. The molecule has 2 saturated carbocycles.